The van der Waals surface area contributed by atoms with Crippen LogP contribution in [0.1, 0.15) is 0 Å². The first-order valence-corrected chi connectivity index (χ1v) is 8.03. The molecule has 0 aliphatic rings. The van der Waals surface area contributed by atoms with Crippen LogP contribution in [0, 0.1) is 29.1 Å². The number of sulfonamides is 1. The molecule has 142 valence electrons. The molecule has 1 N–H and O–H groups in total. The van der Waals surface area contributed by atoms with Crippen LogP contribution in [-0.4, -0.2) is 22.4 Å². The second kappa shape index (κ2) is 7.32. The van der Waals surface area contributed by atoms with E-state index in [0.717, 1.165) is 19.2 Å². The van der Waals surface area contributed by atoms with Crippen LogP contribution in [0.2, 0.25) is 0 Å². The van der Waals surface area contributed by atoms with Crippen molar-refractivity contribution in [3.05, 3.63) is 47.3 Å². The van der Waals surface area contributed by atoms with E-state index in [1.54, 1.807) is 4.72 Å². The van der Waals surface area contributed by atoms with Gasteiger partial charge < -0.3 is 9.47 Å². The van der Waals surface area contributed by atoms with E-state index in [4.69, 9.17) is 0 Å². The molecule has 0 saturated heterocycles. The second-order valence-electron chi connectivity index (χ2n) is 4.62. The van der Waals surface area contributed by atoms with Gasteiger partial charge in [0.25, 0.3) is 10.0 Å². The fraction of sp³-hybridized carbons (Fsp3) is 0.143. The van der Waals surface area contributed by atoms with Crippen molar-refractivity contribution in [2.24, 2.45) is 0 Å². The number of nitrogens with one attached hydrogen (secondary N) is 1. The maximum Gasteiger partial charge on any atom is 0.268 e. The molecule has 0 atom stereocenters. The molecule has 0 bridgehead atoms. The van der Waals surface area contributed by atoms with Crippen LogP contribution in [0.15, 0.2) is 23.1 Å². The summed E-state index contributed by atoms with van der Waals surface area (Å²) in [7, 11) is -4.02. The van der Waals surface area contributed by atoms with Crippen molar-refractivity contribution in [1.29, 1.82) is 0 Å². The molecular formula is C14H9F6NO4S. The molecule has 5 nitrogen and oxygen atoms in total. The van der Waals surface area contributed by atoms with Crippen molar-refractivity contribution in [2.45, 2.75) is 4.90 Å². The molecule has 2 rings (SSSR count). The molecule has 0 radical (unpaired) electrons. The molecule has 0 spiro atoms. The third-order valence-corrected chi connectivity index (χ3v) is 4.46. The van der Waals surface area contributed by atoms with Gasteiger partial charge in [-0.05, 0) is 12.1 Å². The largest absolute Gasteiger partial charge is 0.494 e. The Morgan fingerprint density at radius 2 is 1.62 bits per heavy atom. The summed E-state index contributed by atoms with van der Waals surface area (Å²) in [5.41, 5.74) is -0.487. The van der Waals surface area contributed by atoms with E-state index < -0.39 is 62.3 Å². The Kier molecular flexibility index (Phi) is 5.54. The van der Waals surface area contributed by atoms with Crippen LogP contribution in [0.4, 0.5) is 32.0 Å². The van der Waals surface area contributed by atoms with Gasteiger partial charge in [0.1, 0.15) is 0 Å². The maximum absolute atomic E-state index is 13.9. The van der Waals surface area contributed by atoms with Crippen LogP contribution in [0.5, 0.6) is 11.5 Å². The van der Waals surface area contributed by atoms with Crippen LogP contribution in [0.25, 0.3) is 0 Å². The average molecular weight is 401 g/mol. The zero-order valence-corrected chi connectivity index (χ0v) is 13.6. The topological polar surface area (TPSA) is 64.6 Å². The fourth-order valence-corrected chi connectivity index (χ4v) is 3.21. The molecule has 2 aromatic carbocycles. The maximum atomic E-state index is 13.9. The van der Waals surface area contributed by atoms with E-state index in [9.17, 15) is 34.8 Å². The SMILES string of the molecule is COc1ccc(NS(=O)(=O)c2c(F)c(F)c(F)c(F)c2OCF)cc1F. The molecule has 0 aliphatic carbocycles. The summed E-state index contributed by atoms with van der Waals surface area (Å²) < 4.78 is 115. The van der Waals surface area contributed by atoms with Gasteiger partial charge in [0.15, 0.2) is 33.8 Å². The first-order chi connectivity index (χ1) is 12.1. The molecule has 2 aromatic rings. The minimum absolute atomic E-state index is 0.251. The van der Waals surface area contributed by atoms with Crippen LogP contribution >= 0.6 is 0 Å². The summed E-state index contributed by atoms with van der Waals surface area (Å²) in [6, 6.07) is 2.62. The van der Waals surface area contributed by atoms with E-state index in [1.807, 2.05) is 0 Å². The smallest absolute Gasteiger partial charge is 0.268 e. The number of hydrogen-bond acceptors (Lipinski definition) is 4. The Morgan fingerprint density at radius 1 is 1.00 bits per heavy atom. The Hall–Kier alpha value is -2.63. The lowest BCUT2D eigenvalue weighted by molar-refractivity contribution is 0.174. The molecule has 0 saturated carbocycles. The molecule has 0 heterocycles. The van der Waals surface area contributed by atoms with Crippen molar-refractivity contribution in [2.75, 3.05) is 18.7 Å². The van der Waals surface area contributed by atoms with E-state index in [2.05, 4.69) is 9.47 Å². The normalized spacial score (nSPS) is 11.3. The lowest BCUT2D eigenvalue weighted by Gasteiger charge is -2.15. The third kappa shape index (κ3) is 3.49. The fourth-order valence-electron chi connectivity index (χ4n) is 1.95. The standard InChI is InChI=1S/C14H9F6NO4S/c1-24-8-3-2-6(4-7(8)16)21-26(22,23)14-12(20)10(18)9(17)11(19)13(14)25-5-15/h2-4,21H,5H2,1H3. The minimum Gasteiger partial charge on any atom is -0.494 e. The lowest BCUT2D eigenvalue weighted by atomic mass is 10.3. The van der Waals surface area contributed by atoms with Gasteiger partial charge >= 0.3 is 0 Å². The quantitative estimate of drug-likeness (QED) is 0.457. The van der Waals surface area contributed by atoms with Gasteiger partial charge in [0.05, 0.1) is 12.8 Å². The van der Waals surface area contributed by atoms with Gasteiger partial charge in [-0.3, -0.25) is 4.72 Å². The van der Waals surface area contributed by atoms with Crippen molar-refractivity contribution in [3.8, 4) is 11.5 Å². The molecule has 0 aliphatic heterocycles. The Morgan fingerprint density at radius 3 is 2.15 bits per heavy atom. The summed E-state index contributed by atoms with van der Waals surface area (Å²) in [6.07, 6.45) is 0. The summed E-state index contributed by atoms with van der Waals surface area (Å²) in [6.45, 7) is -1.86. The number of ether oxygens (including phenoxy) is 2. The number of alkyl halides is 1. The first-order valence-electron chi connectivity index (χ1n) is 6.55. The number of hydrogen-bond donors (Lipinski definition) is 1. The molecular weight excluding hydrogens is 392 g/mol. The highest BCUT2D eigenvalue weighted by Gasteiger charge is 2.34. The van der Waals surface area contributed by atoms with Crippen LogP contribution in [0.3, 0.4) is 0 Å². The highest BCUT2D eigenvalue weighted by molar-refractivity contribution is 7.92. The predicted molar refractivity (Wildman–Crippen MR) is 76.6 cm³/mol. The molecule has 0 unspecified atom stereocenters. The third-order valence-electron chi connectivity index (χ3n) is 3.05. The summed E-state index contributed by atoms with van der Waals surface area (Å²) in [5, 5.41) is 0. The van der Waals surface area contributed by atoms with Gasteiger partial charge in [0.2, 0.25) is 18.5 Å². The van der Waals surface area contributed by atoms with Crippen molar-refractivity contribution < 1.29 is 44.2 Å². The number of benzene rings is 2. The second-order valence-corrected chi connectivity index (χ2v) is 6.24. The van der Waals surface area contributed by atoms with Gasteiger partial charge in [0, 0.05) is 6.07 Å². The zero-order chi connectivity index (χ0) is 19.6. The number of methoxy groups -OCH3 is 1. The molecule has 26 heavy (non-hydrogen) atoms. The minimum atomic E-state index is -5.17. The highest BCUT2D eigenvalue weighted by atomic mass is 32.2. The average Bonchev–Trinajstić information content (AvgIpc) is 2.57. The first kappa shape index (κ1) is 19.7. The molecule has 0 aromatic heterocycles. The number of halogens is 6. The van der Waals surface area contributed by atoms with Gasteiger partial charge in [-0.2, -0.15) is 4.39 Å². The Balaban J connectivity index is 2.60. The molecule has 0 fully saturated rings. The summed E-state index contributed by atoms with van der Waals surface area (Å²) >= 11 is 0. The van der Waals surface area contributed by atoms with Crippen molar-refractivity contribution >= 4 is 15.7 Å². The molecule has 12 heteroatoms. The molecule has 0 amide bonds. The van der Waals surface area contributed by atoms with Gasteiger partial charge in [-0.15, -0.1) is 0 Å². The highest BCUT2D eigenvalue weighted by Crippen LogP contribution is 2.35. The Labute approximate surface area is 143 Å². The monoisotopic (exact) mass is 401 g/mol. The summed E-state index contributed by atoms with van der Waals surface area (Å²) in [5.74, 6) is -12.4. The van der Waals surface area contributed by atoms with E-state index >= 15 is 0 Å². The van der Waals surface area contributed by atoms with Crippen LogP contribution in [-0.2, 0) is 10.0 Å². The van der Waals surface area contributed by atoms with E-state index in [1.165, 1.54) is 0 Å². The van der Waals surface area contributed by atoms with E-state index in [0.29, 0.717) is 6.07 Å². The number of anilines is 1. The Bertz CT molecular complexity index is 951. The zero-order valence-electron chi connectivity index (χ0n) is 12.7. The van der Waals surface area contributed by atoms with E-state index in [-0.39, 0.29) is 5.75 Å². The van der Waals surface area contributed by atoms with Gasteiger partial charge in [-0.1, -0.05) is 0 Å². The van der Waals surface area contributed by atoms with Gasteiger partial charge in [-0.25, -0.2) is 30.4 Å². The number of rotatable bonds is 6. The summed E-state index contributed by atoms with van der Waals surface area (Å²) in [4.78, 5) is -1.82. The predicted octanol–water partition coefficient (Wildman–Crippen LogP) is 3.50. The van der Waals surface area contributed by atoms with Crippen molar-refractivity contribution in [1.82, 2.24) is 0 Å². The van der Waals surface area contributed by atoms with Crippen molar-refractivity contribution in [3.63, 3.8) is 0 Å². The van der Waals surface area contributed by atoms with Crippen LogP contribution < -0.4 is 14.2 Å². The lowest BCUT2D eigenvalue weighted by Crippen LogP contribution is -2.19.